The van der Waals surface area contributed by atoms with Gasteiger partial charge in [0.15, 0.2) is 0 Å². The van der Waals surface area contributed by atoms with Crippen molar-refractivity contribution in [2.45, 2.75) is 46.7 Å². The van der Waals surface area contributed by atoms with Gasteiger partial charge in [-0.15, -0.1) is 0 Å². The van der Waals surface area contributed by atoms with E-state index in [1.165, 1.54) is 0 Å². The SMILES string of the molecule is Cc1cc(C)n(Cc2ccc(C(=O)N3CCC(N)C(C)(C)C3)cc2)n1. The van der Waals surface area contributed by atoms with Gasteiger partial charge >= 0.3 is 0 Å². The summed E-state index contributed by atoms with van der Waals surface area (Å²) in [7, 11) is 0. The molecular formula is C20H28N4O. The van der Waals surface area contributed by atoms with Gasteiger partial charge in [-0.25, -0.2) is 0 Å². The molecule has 0 radical (unpaired) electrons. The summed E-state index contributed by atoms with van der Waals surface area (Å²) in [6.45, 7) is 10.5. The minimum atomic E-state index is -0.0384. The van der Waals surface area contributed by atoms with Crippen LogP contribution >= 0.6 is 0 Å². The van der Waals surface area contributed by atoms with Gasteiger partial charge in [-0.1, -0.05) is 26.0 Å². The standard InChI is InChI=1S/C20H28N4O/c1-14-11-15(2)24(22-14)12-16-5-7-17(8-6-16)19(25)23-10-9-18(21)20(3,4)13-23/h5-8,11,18H,9-10,12-13,21H2,1-4H3. The Morgan fingerprint density at radius 2 is 1.96 bits per heavy atom. The van der Waals surface area contributed by atoms with Gasteiger partial charge < -0.3 is 10.6 Å². The van der Waals surface area contributed by atoms with Crippen LogP contribution in [0, 0.1) is 19.3 Å². The second kappa shape index (κ2) is 6.64. The number of aryl methyl sites for hydroxylation is 2. The summed E-state index contributed by atoms with van der Waals surface area (Å²) in [5, 5.41) is 4.49. The van der Waals surface area contributed by atoms with E-state index in [9.17, 15) is 4.79 Å². The quantitative estimate of drug-likeness (QED) is 0.934. The Morgan fingerprint density at radius 1 is 1.28 bits per heavy atom. The van der Waals surface area contributed by atoms with Gasteiger partial charge in [0.1, 0.15) is 0 Å². The van der Waals surface area contributed by atoms with Crippen molar-refractivity contribution in [1.29, 1.82) is 0 Å². The van der Waals surface area contributed by atoms with E-state index in [0.717, 1.165) is 42.0 Å². The smallest absolute Gasteiger partial charge is 0.253 e. The molecule has 2 aromatic rings. The van der Waals surface area contributed by atoms with Crippen LogP contribution in [0.1, 0.15) is 47.6 Å². The lowest BCUT2D eigenvalue weighted by molar-refractivity contribution is 0.0533. The number of carbonyl (C=O) groups excluding carboxylic acids is 1. The van der Waals surface area contributed by atoms with Crippen molar-refractivity contribution in [1.82, 2.24) is 14.7 Å². The normalized spacial score (nSPS) is 19.9. The van der Waals surface area contributed by atoms with E-state index in [0.29, 0.717) is 6.54 Å². The molecule has 1 amide bonds. The molecule has 1 aromatic carbocycles. The van der Waals surface area contributed by atoms with Crippen molar-refractivity contribution >= 4 is 5.91 Å². The monoisotopic (exact) mass is 340 g/mol. The van der Waals surface area contributed by atoms with Crippen LogP contribution in [0.25, 0.3) is 0 Å². The van der Waals surface area contributed by atoms with Gasteiger partial charge in [-0.2, -0.15) is 5.10 Å². The summed E-state index contributed by atoms with van der Waals surface area (Å²) in [5.41, 5.74) is 10.2. The molecule has 5 heteroatoms. The van der Waals surface area contributed by atoms with Gasteiger partial charge in [0.25, 0.3) is 5.91 Å². The minimum absolute atomic E-state index is 0.0384. The van der Waals surface area contributed by atoms with Crippen LogP contribution in [-0.4, -0.2) is 39.7 Å². The van der Waals surface area contributed by atoms with Crippen LogP contribution in [0.15, 0.2) is 30.3 Å². The highest BCUT2D eigenvalue weighted by atomic mass is 16.2. The van der Waals surface area contributed by atoms with Crippen LogP contribution in [0.3, 0.4) is 0 Å². The van der Waals surface area contributed by atoms with Gasteiger partial charge in [0, 0.05) is 30.4 Å². The number of benzene rings is 1. The molecule has 0 spiro atoms. The lowest BCUT2D eigenvalue weighted by atomic mass is 9.79. The maximum Gasteiger partial charge on any atom is 0.253 e. The number of hydrogen-bond acceptors (Lipinski definition) is 3. The van der Waals surface area contributed by atoms with Gasteiger partial charge in [-0.05, 0) is 49.4 Å². The summed E-state index contributed by atoms with van der Waals surface area (Å²) in [4.78, 5) is 14.7. The number of amides is 1. The van der Waals surface area contributed by atoms with E-state index in [-0.39, 0.29) is 17.4 Å². The van der Waals surface area contributed by atoms with E-state index < -0.39 is 0 Å². The van der Waals surface area contributed by atoms with Crippen molar-refractivity contribution in [3.8, 4) is 0 Å². The zero-order valence-electron chi connectivity index (χ0n) is 15.6. The van der Waals surface area contributed by atoms with Gasteiger partial charge in [-0.3, -0.25) is 9.48 Å². The largest absolute Gasteiger partial charge is 0.338 e. The summed E-state index contributed by atoms with van der Waals surface area (Å²) in [5.74, 6) is 0.0950. The third-order valence-electron chi connectivity index (χ3n) is 5.24. The zero-order valence-corrected chi connectivity index (χ0v) is 15.6. The first-order chi connectivity index (χ1) is 11.8. The highest BCUT2D eigenvalue weighted by molar-refractivity contribution is 5.94. The number of carbonyl (C=O) groups is 1. The third-order valence-corrected chi connectivity index (χ3v) is 5.24. The first kappa shape index (κ1) is 17.7. The number of likely N-dealkylation sites (tertiary alicyclic amines) is 1. The van der Waals surface area contributed by atoms with E-state index in [1.807, 2.05) is 40.8 Å². The van der Waals surface area contributed by atoms with Crippen molar-refractivity contribution in [2.24, 2.45) is 11.1 Å². The van der Waals surface area contributed by atoms with Crippen LogP contribution < -0.4 is 5.73 Å². The highest BCUT2D eigenvalue weighted by Gasteiger charge is 2.35. The molecule has 1 saturated heterocycles. The van der Waals surface area contributed by atoms with Crippen molar-refractivity contribution < 1.29 is 4.79 Å². The number of hydrogen-bond donors (Lipinski definition) is 1. The third kappa shape index (κ3) is 3.76. The molecule has 2 N–H and O–H groups in total. The maximum absolute atomic E-state index is 12.8. The maximum atomic E-state index is 12.8. The lowest BCUT2D eigenvalue weighted by Crippen LogP contribution is -2.53. The molecule has 1 aliphatic rings. The molecule has 0 aliphatic carbocycles. The van der Waals surface area contributed by atoms with Crippen LogP contribution in [0.4, 0.5) is 0 Å². The fourth-order valence-electron chi connectivity index (χ4n) is 3.49. The van der Waals surface area contributed by atoms with E-state index in [4.69, 9.17) is 5.73 Å². The number of nitrogens with zero attached hydrogens (tertiary/aromatic N) is 3. The second-order valence-electron chi connectivity index (χ2n) is 7.89. The lowest BCUT2D eigenvalue weighted by Gasteiger charge is -2.42. The first-order valence-corrected chi connectivity index (χ1v) is 8.91. The highest BCUT2D eigenvalue weighted by Crippen LogP contribution is 2.28. The Balaban J connectivity index is 1.69. The Hall–Kier alpha value is -2.14. The average molecular weight is 340 g/mol. The molecule has 5 nitrogen and oxygen atoms in total. The van der Waals surface area contributed by atoms with Crippen LogP contribution in [0.2, 0.25) is 0 Å². The van der Waals surface area contributed by atoms with Gasteiger partial charge in [0.2, 0.25) is 0 Å². The predicted octanol–water partition coefficient (Wildman–Crippen LogP) is 2.75. The number of aromatic nitrogens is 2. The molecule has 2 heterocycles. The Kier molecular flexibility index (Phi) is 4.69. The number of rotatable bonds is 3. The molecule has 1 atom stereocenters. The van der Waals surface area contributed by atoms with E-state index in [2.05, 4.69) is 31.9 Å². The van der Waals surface area contributed by atoms with Crippen molar-refractivity contribution in [3.05, 3.63) is 52.8 Å². The van der Waals surface area contributed by atoms with Crippen molar-refractivity contribution in [3.63, 3.8) is 0 Å². The molecule has 3 rings (SSSR count). The Morgan fingerprint density at radius 3 is 2.52 bits per heavy atom. The molecule has 25 heavy (non-hydrogen) atoms. The average Bonchev–Trinajstić information content (AvgIpc) is 2.87. The summed E-state index contributed by atoms with van der Waals surface area (Å²) >= 11 is 0. The molecular weight excluding hydrogens is 312 g/mol. The molecule has 1 fully saturated rings. The molecule has 0 saturated carbocycles. The number of piperidine rings is 1. The zero-order chi connectivity index (χ0) is 18.2. The van der Waals surface area contributed by atoms with Gasteiger partial charge in [0.05, 0.1) is 12.2 Å². The molecule has 1 aliphatic heterocycles. The predicted molar refractivity (Wildman–Crippen MR) is 99.5 cm³/mol. The minimum Gasteiger partial charge on any atom is -0.338 e. The molecule has 1 aromatic heterocycles. The molecule has 134 valence electrons. The van der Waals surface area contributed by atoms with E-state index >= 15 is 0 Å². The molecule has 0 bridgehead atoms. The first-order valence-electron chi connectivity index (χ1n) is 8.91. The van der Waals surface area contributed by atoms with Crippen LogP contribution in [0.5, 0.6) is 0 Å². The summed E-state index contributed by atoms with van der Waals surface area (Å²) in [6, 6.07) is 10.1. The summed E-state index contributed by atoms with van der Waals surface area (Å²) < 4.78 is 1.99. The number of nitrogens with two attached hydrogens (primary N) is 1. The fourth-order valence-corrected chi connectivity index (χ4v) is 3.49. The second-order valence-corrected chi connectivity index (χ2v) is 7.89. The van der Waals surface area contributed by atoms with Crippen molar-refractivity contribution in [2.75, 3.05) is 13.1 Å². The fraction of sp³-hybridized carbons (Fsp3) is 0.500. The van der Waals surface area contributed by atoms with E-state index in [1.54, 1.807) is 0 Å². The Labute approximate surface area is 149 Å². The van der Waals surface area contributed by atoms with Crippen LogP contribution in [-0.2, 0) is 6.54 Å². The summed E-state index contributed by atoms with van der Waals surface area (Å²) in [6.07, 6.45) is 0.856. The molecule has 1 unspecified atom stereocenters. The Bertz CT molecular complexity index is 761. The topological polar surface area (TPSA) is 64.2 Å².